The van der Waals surface area contributed by atoms with Crippen molar-refractivity contribution in [2.24, 2.45) is 0 Å². The number of benzene rings is 1. The third kappa shape index (κ3) is 4.21. The summed E-state index contributed by atoms with van der Waals surface area (Å²) in [7, 11) is 0. The third-order valence-electron chi connectivity index (χ3n) is 5.17. The molecule has 2 atom stereocenters. The van der Waals surface area contributed by atoms with Crippen LogP contribution >= 0.6 is 0 Å². The zero-order valence-corrected chi connectivity index (χ0v) is 16.3. The first-order chi connectivity index (χ1) is 13.0. The summed E-state index contributed by atoms with van der Waals surface area (Å²) in [6.45, 7) is 6.66. The molecule has 2 heterocycles. The van der Waals surface area contributed by atoms with E-state index in [4.69, 9.17) is 0 Å². The van der Waals surface area contributed by atoms with Crippen LogP contribution in [0.4, 0.5) is 0 Å². The molecule has 6 heteroatoms. The summed E-state index contributed by atoms with van der Waals surface area (Å²) in [6.07, 6.45) is 3.63. The molecule has 2 unspecified atom stereocenters. The number of amides is 2. The van der Waals surface area contributed by atoms with Gasteiger partial charge < -0.3 is 15.2 Å². The highest BCUT2D eigenvalue weighted by Gasteiger charge is 2.28. The number of imidazole rings is 1. The van der Waals surface area contributed by atoms with E-state index < -0.39 is 0 Å². The number of nitrogens with zero attached hydrogens (tertiary/aromatic N) is 2. The van der Waals surface area contributed by atoms with Gasteiger partial charge in [-0.2, -0.15) is 0 Å². The molecule has 0 bridgehead atoms. The van der Waals surface area contributed by atoms with Crippen LogP contribution in [-0.4, -0.2) is 27.4 Å². The Morgan fingerprint density at radius 3 is 2.56 bits per heavy atom. The molecular weight excluding hydrogens is 340 g/mol. The van der Waals surface area contributed by atoms with Crippen molar-refractivity contribution in [3.05, 3.63) is 53.1 Å². The molecule has 3 rings (SSSR count). The highest BCUT2D eigenvalue weighted by atomic mass is 16.2. The summed E-state index contributed by atoms with van der Waals surface area (Å²) in [4.78, 5) is 30.0. The second kappa shape index (κ2) is 8.37. The van der Waals surface area contributed by atoms with E-state index in [1.807, 2.05) is 55.7 Å². The van der Waals surface area contributed by atoms with Crippen molar-refractivity contribution < 1.29 is 9.59 Å². The monoisotopic (exact) mass is 368 g/mol. The minimum Gasteiger partial charge on any atom is -0.348 e. The predicted octanol–water partition coefficient (Wildman–Crippen LogP) is 3.24. The average molecular weight is 368 g/mol. The van der Waals surface area contributed by atoms with E-state index in [0.29, 0.717) is 11.5 Å². The molecule has 0 fully saturated rings. The zero-order chi connectivity index (χ0) is 19.4. The Bertz CT molecular complexity index is 813. The number of aromatic nitrogens is 2. The first-order valence-electron chi connectivity index (χ1n) is 9.77. The molecule has 1 aliphatic heterocycles. The lowest BCUT2D eigenvalue weighted by Gasteiger charge is -2.19. The van der Waals surface area contributed by atoms with Gasteiger partial charge in [-0.05, 0) is 45.1 Å². The Labute approximate surface area is 160 Å². The molecule has 6 nitrogen and oxygen atoms in total. The molecule has 0 radical (unpaired) electrons. The Balaban J connectivity index is 1.84. The van der Waals surface area contributed by atoms with Crippen LogP contribution in [0.1, 0.15) is 78.4 Å². The number of rotatable bonds is 6. The van der Waals surface area contributed by atoms with Crippen LogP contribution in [0.3, 0.4) is 0 Å². The van der Waals surface area contributed by atoms with E-state index >= 15 is 0 Å². The van der Waals surface area contributed by atoms with Crippen LogP contribution in [0, 0.1) is 0 Å². The van der Waals surface area contributed by atoms with Gasteiger partial charge in [0.1, 0.15) is 5.69 Å². The summed E-state index contributed by atoms with van der Waals surface area (Å²) in [6, 6.07) is 9.76. The van der Waals surface area contributed by atoms with Crippen molar-refractivity contribution in [1.82, 2.24) is 20.2 Å². The Morgan fingerprint density at radius 1 is 1.11 bits per heavy atom. The molecule has 0 saturated carbocycles. The van der Waals surface area contributed by atoms with E-state index in [9.17, 15) is 9.59 Å². The van der Waals surface area contributed by atoms with Gasteiger partial charge in [-0.3, -0.25) is 9.59 Å². The summed E-state index contributed by atoms with van der Waals surface area (Å²) < 4.78 is 1.92. The Hall–Kier alpha value is -2.63. The fraction of sp³-hybridized carbons (Fsp3) is 0.476. The van der Waals surface area contributed by atoms with Gasteiger partial charge in [0.25, 0.3) is 11.8 Å². The lowest BCUT2D eigenvalue weighted by atomic mass is 10.1. The van der Waals surface area contributed by atoms with Crippen LogP contribution in [0.5, 0.6) is 0 Å². The highest BCUT2D eigenvalue weighted by Crippen LogP contribution is 2.22. The molecule has 2 aromatic rings. The van der Waals surface area contributed by atoms with Gasteiger partial charge in [0.05, 0.1) is 11.7 Å². The molecule has 0 spiro atoms. The molecule has 2 N–H and O–H groups in total. The van der Waals surface area contributed by atoms with Crippen molar-refractivity contribution >= 4 is 11.8 Å². The Kier molecular flexibility index (Phi) is 5.94. The normalized spacial score (nSPS) is 15.5. The minimum atomic E-state index is -0.239. The predicted molar refractivity (Wildman–Crippen MR) is 105 cm³/mol. The van der Waals surface area contributed by atoms with E-state index in [-0.39, 0.29) is 23.9 Å². The van der Waals surface area contributed by atoms with Crippen LogP contribution in [0.25, 0.3) is 0 Å². The van der Waals surface area contributed by atoms with E-state index in [1.165, 1.54) is 0 Å². The second-order valence-electron chi connectivity index (χ2n) is 7.23. The number of carbonyl (C=O) groups excluding carboxylic acids is 2. The maximum atomic E-state index is 12.9. The first-order valence-corrected chi connectivity index (χ1v) is 9.77. The van der Waals surface area contributed by atoms with Crippen molar-refractivity contribution in [3.63, 3.8) is 0 Å². The average Bonchev–Trinajstić information content (AvgIpc) is 3.08. The number of hydrogen-bond acceptors (Lipinski definition) is 3. The van der Waals surface area contributed by atoms with Gasteiger partial charge in [-0.25, -0.2) is 4.98 Å². The van der Waals surface area contributed by atoms with Crippen LogP contribution < -0.4 is 10.6 Å². The van der Waals surface area contributed by atoms with Gasteiger partial charge in [-0.15, -0.1) is 0 Å². The van der Waals surface area contributed by atoms with Gasteiger partial charge >= 0.3 is 0 Å². The molecule has 2 amide bonds. The summed E-state index contributed by atoms with van der Waals surface area (Å²) in [5, 5.41) is 5.98. The highest BCUT2D eigenvalue weighted by molar-refractivity contribution is 5.97. The van der Waals surface area contributed by atoms with Crippen molar-refractivity contribution in [1.29, 1.82) is 0 Å². The first kappa shape index (κ1) is 19.1. The van der Waals surface area contributed by atoms with Gasteiger partial charge in [0.2, 0.25) is 0 Å². The quantitative estimate of drug-likeness (QED) is 0.822. The smallest absolute Gasteiger partial charge is 0.287 e. The van der Waals surface area contributed by atoms with E-state index in [2.05, 4.69) is 15.6 Å². The fourth-order valence-electron chi connectivity index (χ4n) is 3.38. The largest absolute Gasteiger partial charge is 0.348 e. The third-order valence-corrected chi connectivity index (χ3v) is 5.17. The number of hydrogen-bond donors (Lipinski definition) is 2. The Morgan fingerprint density at radius 2 is 1.85 bits per heavy atom. The minimum absolute atomic E-state index is 0.0776. The van der Waals surface area contributed by atoms with E-state index in [1.54, 1.807) is 0 Å². The van der Waals surface area contributed by atoms with Crippen molar-refractivity contribution in [3.8, 4) is 0 Å². The SMILES string of the molecule is CCC(C)NC(=O)c1nc(C(=O)NC(C)c2ccccc2)n2c1CCCC2. The van der Waals surface area contributed by atoms with Crippen LogP contribution in [0.15, 0.2) is 30.3 Å². The lowest BCUT2D eigenvalue weighted by Crippen LogP contribution is -2.33. The molecule has 144 valence electrons. The van der Waals surface area contributed by atoms with Crippen molar-refractivity contribution in [2.75, 3.05) is 0 Å². The van der Waals surface area contributed by atoms with Crippen molar-refractivity contribution in [2.45, 2.75) is 65.1 Å². The lowest BCUT2D eigenvalue weighted by molar-refractivity contribution is 0.0923. The number of carbonyl (C=O) groups is 2. The van der Waals surface area contributed by atoms with Crippen LogP contribution in [0.2, 0.25) is 0 Å². The van der Waals surface area contributed by atoms with Gasteiger partial charge in [0.15, 0.2) is 5.82 Å². The molecule has 0 aliphatic carbocycles. The molecule has 27 heavy (non-hydrogen) atoms. The second-order valence-corrected chi connectivity index (χ2v) is 7.23. The molecule has 1 aliphatic rings. The van der Waals surface area contributed by atoms with E-state index in [0.717, 1.165) is 43.5 Å². The standard InChI is InChI=1S/C21H28N4O2/c1-4-14(2)22-20(26)18-17-12-8-9-13-25(17)19(24-18)21(27)23-15(3)16-10-6-5-7-11-16/h5-7,10-11,14-15H,4,8-9,12-13H2,1-3H3,(H,22,26)(H,23,27). The molecule has 1 aromatic carbocycles. The molecule has 1 aromatic heterocycles. The summed E-state index contributed by atoms with van der Waals surface area (Å²) in [5.74, 6) is -0.0935. The summed E-state index contributed by atoms with van der Waals surface area (Å²) in [5.41, 5.74) is 2.30. The molecular formula is C21H28N4O2. The molecule has 0 saturated heterocycles. The maximum absolute atomic E-state index is 12.9. The summed E-state index contributed by atoms with van der Waals surface area (Å²) >= 11 is 0. The van der Waals surface area contributed by atoms with Crippen LogP contribution in [-0.2, 0) is 13.0 Å². The van der Waals surface area contributed by atoms with Gasteiger partial charge in [0, 0.05) is 12.6 Å². The zero-order valence-electron chi connectivity index (χ0n) is 16.3. The topological polar surface area (TPSA) is 76.0 Å². The fourth-order valence-corrected chi connectivity index (χ4v) is 3.38. The number of fused-ring (bicyclic) bond motifs is 1. The maximum Gasteiger partial charge on any atom is 0.287 e. The van der Waals surface area contributed by atoms with Gasteiger partial charge in [-0.1, -0.05) is 37.3 Å². The number of nitrogens with one attached hydrogen (secondary N) is 2.